The molecule has 0 fully saturated rings. The molecule has 0 atom stereocenters. The second kappa shape index (κ2) is 10.5. The summed E-state index contributed by atoms with van der Waals surface area (Å²) in [7, 11) is 0. The van der Waals surface area contributed by atoms with Gasteiger partial charge >= 0.3 is 0 Å². The van der Waals surface area contributed by atoms with Gasteiger partial charge in [-0.05, 0) is 64.1 Å². The van der Waals surface area contributed by atoms with E-state index in [1.807, 2.05) is 25.1 Å². The van der Waals surface area contributed by atoms with E-state index in [1.165, 1.54) is 4.88 Å². The number of hydrogen-bond acceptors (Lipinski definition) is 4. The lowest BCUT2D eigenvalue weighted by Crippen LogP contribution is -2.12. The van der Waals surface area contributed by atoms with Gasteiger partial charge in [-0.25, -0.2) is 0 Å². The fourth-order valence-electron chi connectivity index (χ4n) is 2.68. The maximum absolute atomic E-state index is 6.25. The van der Waals surface area contributed by atoms with E-state index in [9.17, 15) is 0 Å². The van der Waals surface area contributed by atoms with Crippen LogP contribution in [0.15, 0.2) is 52.3 Å². The molecule has 28 heavy (non-hydrogen) atoms. The van der Waals surface area contributed by atoms with Crippen molar-refractivity contribution in [2.45, 2.75) is 26.6 Å². The second-order valence-electron chi connectivity index (χ2n) is 6.01. The molecule has 3 nitrogen and oxygen atoms in total. The molecule has 0 amide bonds. The first-order chi connectivity index (χ1) is 13.6. The van der Waals surface area contributed by atoms with Crippen LogP contribution >= 0.6 is 50.5 Å². The Morgan fingerprint density at radius 1 is 1.04 bits per heavy atom. The van der Waals surface area contributed by atoms with Gasteiger partial charge in [-0.15, -0.1) is 11.3 Å². The van der Waals surface area contributed by atoms with Gasteiger partial charge in [0.1, 0.15) is 6.61 Å². The Kier molecular flexibility index (Phi) is 8.06. The van der Waals surface area contributed by atoms with Crippen LogP contribution in [-0.4, -0.2) is 6.61 Å². The van der Waals surface area contributed by atoms with Crippen molar-refractivity contribution >= 4 is 50.5 Å². The summed E-state index contributed by atoms with van der Waals surface area (Å²) in [5, 5.41) is 6.69. The Hall–Kier alpha value is -1.24. The van der Waals surface area contributed by atoms with Crippen LogP contribution in [0.2, 0.25) is 10.0 Å². The van der Waals surface area contributed by atoms with Gasteiger partial charge in [0, 0.05) is 33.6 Å². The molecular formula is C21H20BrCl2NO2S. The maximum Gasteiger partial charge on any atom is 0.175 e. The van der Waals surface area contributed by atoms with Crippen molar-refractivity contribution in [1.29, 1.82) is 0 Å². The van der Waals surface area contributed by atoms with Gasteiger partial charge in [0.2, 0.25) is 0 Å². The fourth-order valence-corrected chi connectivity index (χ4v) is 4.47. The van der Waals surface area contributed by atoms with Crippen molar-refractivity contribution in [3.8, 4) is 11.5 Å². The minimum atomic E-state index is 0.257. The lowest BCUT2D eigenvalue weighted by Gasteiger charge is -2.16. The van der Waals surface area contributed by atoms with Crippen LogP contribution in [0.3, 0.4) is 0 Å². The van der Waals surface area contributed by atoms with Crippen molar-refractivity contribution in [1.82, 2.24) is 5.32 Å². The summed E-state index contributed by atoms with van der Waals surface area (Å²) in [5.74, 6) is 1.33. The van der Waals surface area contributed by atoms with Crippen molar-refractivity contribution < 1.29 is 9.47 Å². The lowest BCUT2D eigenvalue weighted by atomic mass is 10.2. The van der Waals surface area contributed by atoms with Gasteiger partial charge < -0.3 is 14.8 Å². The first-order valence-corrected chi connectivity index (χ1v) is 11.2. The van der Waals surface area contributed by atoms with Crippen LogP contribution in [0.25, 0.3) is 0 Å². The number of benzene rings is 2. The van der Waals surface area contributed by atoms with Gasteiger partial charge in [0.15, 0.2) is 11.5 Å². The topological polar surface area (TPSA) is 30.5 Å². The second-order valence-corrected chi connectivity index (χ2v) is 8.71. The van der Waals surface area contributed by atoms with E-state index in [0.29, 0.717) is 28.2 Å². The quantitative estimate of drug-likeness (QED) is 0.340. The number of nitrogens with one attached hydrogen (secondary N) is 1. The molecule has 148 valence electrons. The van der Waals surface area contributed by atoms with E-state index in [-0.39, 0.29) is 6.61 Å². The lowest BCUT2D eigenvalue weighted by molar-refractivity contribution is 0.267. The van der Waals surface area contributed by atoms with Crippen LogP contribution in [-0.2, 0) is 19.7 Å². The summed E-state index contributed by atoms with van der Waals surface area (Å²) in [6.07, 6.45) is 0. The molecule has 1 N–H and O–H groups in total. The molecule has 0 aliphatic rings. The van der Waals surface area contributed by atoms with Crippen molar-refractivity contribution in [2.24, 2.45) is 0 Å². The van der Waals surface area contributed by atoms with E-state index in [1.54, 1.807) is 23.5 Å². The maximum atomic E-state index is 6.25. The largest absolute Gasteiger partial charge is 0.490 e. The molecule has 3 rings (SSSR count). The summed E-state index contributed by atoms with van der Waals surface area (Å²) >= 11 is 17.8. The average molecular weight is 501 g/mol. The van der Waals surface area contributed by atoms with E-state index >= 15 is 0 Å². The van der Waals surface area contributed by atoms with Crippen LogP contribution in [0.1, 0.15) is 22.9 Å². The summed E-state index contributed by atoms with van der Waals surface area (Å²) in [6, 6.07) is 13.6. The number of thiophene rings is 1. The van der Waals surface area contributed by atoms with Gasteiger partial charge in [0.05, 0.1) is 11.1 Å². The molecule has 0 saturated heterocycles. The predicted octanol–water partition coefficient (Wildman–Crippen LogP) is 7.08. The molecule has 1 heterocycles. The number of rotatable bonds is 9. The molecule has 0 aliphatic heterocycles. The summed E-state index contributed by atoms with van der Waals surface area (Å²) < 4.78 is 12.7. The van der Waals surface area contributed by atoms with Crippen LogP contribution in [0, 0.1) is 0 Å². The van der Waals surface area contributed by atoms with Gasteiger partial charge in [-0.1, -0.05) is 35.3 Å². The molecule has 1 aromatic heterocycles. The highest BCUT2D eigenvalue weighted by Gasteiger charge is 2.14. The van der Waals surface area contributed by atoms with Crippen LogP contribution in [0.4, 0.5) is 0 Å². The monoisotopic (exact) mass is 499 g/mol. The third kappa shape index (κ3) is 5.65. The van der Waals surface area contributed by atoms with E-state index in [4.69, 9.17) is 32.7 Å². The molecule has 0 bridgehead atoms. The zero-order chi connectivity index (χ0) is 19.9. The van der Waals surface area contributed by atoms with Crippen molar-refractivity contribution in [3.05, 3.63) is 78.4 Å². The van der Waals surface area contributed by atoms with E-state index < -0.39 is 0 Å². The molecule has 0 spiro atoms. The normalized spacial score (nSPS) is 10.9. The first kappa shape index (κ1) is 21.5. The Morgan fingerprint density at radius 2 is 1.82 bits per heavy atom. The molecule has 0 radical (unpaired) electrons. The Bertz CT molecular complexity index is 899. The molecule has 0 saturated carbocycles. The first-order valence-electron chi connectivity index (χ1n) is 8.82. The molecule has 3 aromatic rings. The molecule has 0 aliphatic carbocycles. The average Bonchev–Trinajstić information content (AvgIpc) is 3.17. The van der Waals surface area contributed by atoms with Crippen molar-refractivity contribution in [3.63, 3.8) is 0 Å². The van der Waals surface area contributed by atoms with Gasteiger partial charge in [-0.3, -0.25) is 0 Å². The molecular weight excluding hydrogens is 481 g/mol. The third-order valence-electron chi connectivity index (χ3n) is 4.00. The van der Waals surface area contributed by atoms with Crippen molar-refractivity contribution in [2.75, 3.05) is 6.61 Å². The fraction of sp³-hybridized carbons (Fsp3) is 0.238. The third-order valence-corrected chi connectivity index (χ3v) is 6.17. The minimum Gasteiger partial charge on any atom is -0.490 e. The highest BCUT2D eigenvalue weighted by atomic mass is 79.9. The zero-order valence-electron chi connectivity index (χ0n) is 15.3. The number of hydrogen-bond donors (Lipinski definition) is 1. The predicted molar refractivity (Wildman–Crippen MR) is 121 cm³/mol. The van der Waals surface area contributed by atoms with Gasteiger partial charge in [-0.2, -0.15) is 0 Å². The standard InChI is InChI=1S/C21H20BrCl2NO2S/c1-2-26-20-10-14(11-25-12-15-5-4-8-28-15)9-17(22)21(20)27-13-16-18(23)6-3-7-19(16)24/h3-10,25H,2,11-13H2,1H3. The highest BCUT2D eigenvalue weighted by molar-refractivity contribution is 9.10. The summed E-state index contributed by atoms with van der Waals surface area (Å²) in [5.41, 5.74) is 1.86. The van der Waals surface area contributed by atoms with E-state index in [0.717, 1.165) is 28.7 Å². The van der Waals surface area contributed by atoms with Crippen LogP contribution < -0.4 is 14.8 Å². The number of ether oxygens (including phenoxy) is 2. The Morgan fingerprint density at radius 3 is 2.50 bits per heavy atom. The molecule has 7 heteroatoms. The number of halogens is 3. The summed E-state index contributed by atoms with van der Waals surface area (Å²) in [6.45, 7) is 4.31. The van der Waals surface area contributed by atoms with E-state index in [2.05, 4.69) is 38.8 Å². The van der Waals surface area contributed by atoms with Gasteiger partial charge in [0.25, 0.3) is 0 Å². The highest BCUT2D eigenvalue weighted by Crippen LogP contribution is 2.38. The zero-order valence-corrected chi connectivity index (χ0v) is 19.2. The Balaban J connectivity index is 1.73. The Labute approximate surface area is 187 Å². The smallest absolute Gasteiger partial charge is 0.175 e. The summed E-state index contributed by atoms with van der Waals surface area (Å²) in [4.78, 5) is 1.31. The minimum absolute atomic E-state index is 0.257. The van der Waals surface area contributed by atoms with Crippen LogP contribution in [0.5, 0.6) is 11.5 Å². The molecule has 0 unspecified atom stereocenters. The SMILES string of the molecule is CCOc1cc(CNCc2cccs2)cc(Br)c1OCc1c(Cl)cccc1Cl. The molecule has 2 aromatic carbocycles.